The summed E-state index contributed by atoms with van der Waals surface area (Å²) >= 11 is 0. The molecule has 2 heterocycles. The molecule has 0 radical (unpaired) electrons. The van der Waals surface area contributed by atoms with Gasteiger partial charge in [0, 0.05) is 6.54 Å². The fourth-order valence-electron chi connectivity index (χ4n) is 2.16. The van der Waals surface area contributed by atoms with Crippen LogP contribution in [0.1, 0.15) is 20.3 Å². The van der Waals surface area contributed by atoms with Gasteiger partial charge < -0.3 is 15.9 Å². The third-order valence-electron chi connectivity index (χ3n) is 3.34. The predicted molar refractivity (Wildman–Crippen MR) is 89.1 cm³/mol. The van der Waals surface area contributed by atoms with E-state index >= 15 is 0 Å². The first kappa shape index (κ1) is 15.0. The summed E-state index contributed by atoms with van der Waals surface area (Å²) in [6, 6.07) is 7.97. The molecule has 0 saturated carbocycles. The van der Waals surface area contributed by atoms with Crippen molar-refractivity contribution in [3.05, 3.63) is 24.3 Å². The van der Waals surface area contributed by atoms with Crippen molar-refractivity contribution in [1.82, 2.24) is 19.9 Å². The van der Waals surface area contributed by atoms with Gasteiger partial charge in [0.1, 0.15) is 5.52 Å². The molecular weight excluding hydrogens is 294 g/mol. The molecule has 4 N–H and O–H groups in total. The third kappa shape index (κ3) is 3.31. The first-order chi connectivity index (χ1) is 11.0. The number of nitrogens with two attached hydrogens (primary N) is 2. The normalized spacial score (nSPS) is 11.3. The monoisotopic (exact) mass is 313 g/mol. The highest BCUT2D eigenvalue weighted by molar-refractivity contribution is 5.75. The number of nitrogen functional groups attached to an aromatic ring is 2. The van der Waals surface area contributed by atoms with Gasteiger partial charge in [-0.25, -0.2) is 0 Å². The van der Waals surface area contributed by atoms with E-state index in [4.69, 9.17) is 15.9 Å². The minimum atomic E-state index is 0.0677. The summed E-state index contributed by atoms with van der Waals surface area (Å²) in [6.07, 6.45) is 0.907. The zero-order valence-corrected chi connectivity index (χ0v) is 13.1. The van der Waals surface area contributed by atoms with Crippen LogP contribution in [0.5, 0.6) is 0 Å². The molecule has 0 saturated heterocycles. The van der Waals surface area contributed by atoms with Crippen LogP contribution in [0.3, 0.4) is 0 Å². The van der Waals surface area contributed by atoms with E-state index in [1.165, 1.54) is 0 Å². The SMILES string of the molecule is CC(C)CCN(c1nc(N)nc(N)n1)c1nc2ccccc2o1. The van der Waals surface area contributed by atoms with E-state index in [1.807, 2.05) is 24.3 Å². The zero-order valence-electron chi connectivity index (χ0n) is 13.1. The largest absolute Gasteiger partial charge is 0.423 e. The van der Waals surface area contributed by atoms with Gasteiger partial charge in [0.05, 0.1) is 0 Å². The molecule has 0 unspecified atom stereocenters. The second kappa shape index (κ2) is 6.07. The van der Waals surface area contributed by atoms with Crippen LogP contribution in [0, 0.1) is 5.92 Å². The predicted octanol–water partition coefficient (Wildman–Crippen LogP) is 2.36. The zero-order chi connectivity index (χ0) is 16.4. The first-order valence-electron chi connectivity index (χ1n) is 7.43. The van der Waals surface area contributed by atoms with Crippen molar-refractivity contribution in [2.45, 2.75) is 20.3 Å². The molecule has 2 aromatic heterocycles. The maximum Gasteiger partial charge on any atom is 0.305 e. The van der Waals surface area contributed by atoms with E-state index in [9.17, 15) is 0 Å². The van der Waals surface area contributed by atoms with E-state index in [1.54, 1.807) is 4.90 Å². The van der Waals surface area contributed by atoms with Crippen molar-refractivity contribution < 1.29 is 4.42 Å². The molecule has 0 fully saturated rings. The molecule has 0 aliphatic heterocycles. The van der Waals surface area contributed by atoms with Crippen molar-refractivity contribution in [2.24, 2.45) is 5.92 Å². The highest BCUT2D eigenvalue weighted by Crippen LogP contribution is 2.27. The summed E-state index contributed by atoms with van der Waals surface area (Å²) in [5, 5.41) is 0. The van der Waals surface area contributed by atoms with Crippen molar-refractivity contribution in [1.29, 1.82) is 0 Å². The second-order valence-electron chi connectivity index (χ2n) is 5.65. The van der Waals surface area contributed by atoms with Gasteiger partial charge in [0.15, 0.2) is 5.58 Å². The molecule has 8 heteroatoms. The Morgan fingerprint density at radius 2 is 1.74 bits per heavy atom. The Bertz CT molecular complexity index is 761. The summed E-state index contributed by atoms with van der Waals surface area (Å²) in [6.45, 7) is 4.91. The topological polar surface area (TPSA) is 120 Å². The third-order valence-corrected chi connectivity index (χ3v) is 3.34. The van der Waals surface area contributed by atoms with Gasteiger partial charge in [-0.1, -0.05) is 26.0 Å². The van der Waals surface area contributed by atoms with Gasteiger partial charge in [-0.3, -0.25) is 4.90 Å². The van der Waals surface area contributed by atoms with Crippen LogP contribution in [-0.2, 0) is 0 Å². The average Bonchev–Trinajstić information content (AvgIpc) is 2.89. The van der Waals surface area contributed by atoms with Crippen molar-refractivity contribution in [2.75, 3.05) is 22.9 Å². The number of oxazole rings is 1. The molecule has 8 nitrogen and oxygen atoms in total. The van der Waals surface area contributed by atoms with Gasteiger partial charge in [0.2, 0.25) is 17.8 Å². The molecular formula is C15H19N7O. The molecule has 3 aromatic rings. The van der Waals surface area contributed by atoms with E-state index in [0.717, 1.165) is 11.9 Å². The molecule has 120 valence electrons. The van der Waals surface area contributed by atoms with Crippen molar-refractivity contribution in [3.8, 4) is 0 Å². The number of fused-ring (bicyclic) bond motifs is 1. The summed E-state index contributed by atoms with van der Waals surface area (Å²) in [5.74, 6) is 0.969. The Balaban J connectivity index is 2.03. The summed E-state index contributed by atoms with van der Waals surface area (Å²) in [5.41, 5.74) is 12.8. The Labute approximate surface area is 133 Å². The summed E-state index contributed by atoms with van der Waals surface area (Å²) < 4.78 is 5.83. The molecule has 0 atom stereocenters. The van der Waals surface area contributed by atoms with Crippen LogP contribution < -0.4 is 16.4 Å². The quantitative estimate of drug-likeness (QED) is 0.736. The highest BCUT2D eigenvalue weighted by Gasteiger charge is 2.20. The molecule has 0 spiro atoms. The van der Waals surface area contributed by atoms with Crippen LogP contribution >= 0.6 is 0 Å². The molecule has 0 amide bonds. The van der Waals surface area contributed by atoms with Crippen molar-refractivity contribution >= 4 is 35.0 Å². The van der Waals surface area contributed by atoms with Gasteiger partial charge in [-0.15, -0.1) is 0 Å². The van der Waals surface area contributed by atoms with Crippen LogP contribution in [0.4, 0.5) is 23.9 Å². The number of para-hydroxylation sites is 2. The van der Waals surface area contributed by atoms with Crippen molar-refractivity contribution in [3.63, 3.8) is 0 Å². The Morgan fingerprint density at radius 3 is 2.39 bits per heavy atom. The molecule has 23 heavy (non-hydrogen) atoms. The van der Waals surface area contributed by atoms with Crippen LogP contribution in [0.15, 0.2) is 28.7 Å². The maximum absolute atomic E-state index is 5.83. The minimum Gasteiger partial charge on any atom is -0.423 e. The number of aromatic nitrogens is 4. The molecule has 3 rings (SSSR count). The molecule has 0 bridgehead atoms. The number of benzene rings is 1. The number of hydrogen-bond acceptors (Lipinski definition) is 8. The Hall–Kier alpha value is -2.90. The fraction of sp³-hybridized carbons (Fsp3) is 0.333. The number of nitrogens with zero attached hydrogens (tertiary/aromatic N) is 5. The summed E-state index contributed by atoms with van der Waals surface area (Å²) in [7, 11) is 0. The van der Waals surface area contributed by atoms with E-state index < -0.39 is 0 Å². The first-order valence-corrected chi connectivity index (χ1v) is 7.43. The second-order valence-corrected chi connectivity index (χ2v) is 5.65. The van der Waals surface area contributed by atoms with E-state index in [2.05, 4.69) is 33.8 Å². The van der Waals surface area contributed by atoms with Crippen LogP contribution in [-0.4, -0.2) is 26.5 Å². The van der Waals surface area contributed by atoms with Gasteiger partial charge in [0.25, 0.3) is 0 Å². The van der Waals surface area contributed by atoms with Gasteiger partial charge >= 0.3 is 6.01 Å². The lowest BCUT2D eigenvalue weighted by atomic mass is 10.1. The number of hydrogen-bond donors (Lipinski definition) is 2. The van der Waals surface area contributed by atoms with Gasteiger partial charge in [-0.2, -0.15) is 19.9 Å². The molecule has 1 aromatic carbocycles. The van der Waals surface area contributed by atoms with Crippen LogP contribution in [0.25, 0.3) is 11.1 Å². The van der Waals surface area contributed by atoms with Crippen LogP contribution in [0.2, 0.25) is 0 Å². The maximum atomic E-state index is 5.83. The smallest absolute Gasteiger partial charge is 0.305 e. The minimum absolute atomic E-state index is 0.0677. The molecule has 0 aliphatic rings. The lowest BCUT2D eigenvalue weighted by Gasteiger charge is -2.19. The lowest BCUT2D eigenvalue weighted by molar-refractivity contribution is 0.547. The Kier molecular flexibility index (Phi) is 3.96. The fourth-order valence-corrected chi connectivity index (χ4v) is 2.16. The number of anilines is 4. The standard InChI is InChI=1S/C15H19N7O/c1-9(2)7-8-22(14-20-12(16)19-13(17)21-14)15-18-10-5-3-4-6-11(10)23-15/h3-6,9H,7-8H2,1-2H3,(H4,16,17,19,20,21). The number of rotatable bonds is 5. The highest BCUT2D eigenvalue weighted by atomic mass is 16.4. The average molecular weight is 313 g/mol. The van der Waals surface area contributed by atoms with E-state index in [0.29, 0.717) is 30.0 Å². The van der Waals surface area contributed by atoms with Gasteiger partial charge in [-0.05, 0) is 24.5 Å². The Morgan fingerprint density at radius 1 is 1.04 bits per heavy atom. The molecule has 0 aliphatic carbocycles. The summed E-state index contributed by atoms with van der Waals surface area (Å²) in [4.78, 5) is 18.4. The van der Waals surface area contributed by atoms with E-state index in [-0.39, 0.29) is 11.9 Å². The lowest BCUT2D eigenvalue weighted by Crippen LogP contribution is -2.23.